The molecule has 3 nitrogen and oxygen atoms in total. The summed E-state index contributed by atoms with van der Waals surface area (Å²) in [5, 5.41) is 4.84. The summed E-state index contributed by atoms with van der Waals surface area (Å²) in [5.41, 5.74) is 2.89. The van der Waals surface area contributed by atoms with Crippen LogP contribution in [0, 0.1) is 5.41 Å². The van der Waals surface area contributed by atoms with Crippen LogP contribution in [0.15, 0.2) is 30.5 Å². The van der Waals surface area contributed by atoms with Gasteiger partial charge in [0.05, 0.1) is 13.2 Å². The van der Waals surface area contributed by atoms with E-state index in [-0.39, 0.29) is 0 Å². The molecule has 3 rings (SSSR count). The summed E-state index contributed by atoms with van der Waals surface area (Å²) in [5.74, 6) is 0. The van der Waals surface area contributed by atoms with Crippen LogP contribution in [-0.2, 0) is 11.3 Å². The third kappa shape index (κ3) is 2.08. The fourth-order valence-electron chi connectivity index (χ4n) is 2.33. The first-order valence-electron chi connectivity index (χ1n) is 6.10. The summed E-state index contributed by atoms with van der Waals surface area (Å²) in [4.78, 5) is 3.30. The van der Waals surface area contributed by atoms with Gasteiger partial charge in [-0.1, -0.05) is 25.1 Å². The molecule has 0 amide bonds. The molecule has 90 valence electrons. The molecular weight excluding hydrogens is 212 g/mol. The predicted octanol–water partition coefficient (Wildman–Crippen LogP) is 2.29. The third-order valence-electron chi connectivity index (χ3n) is 3.44. The lowest BCUT2D eigenvalue weighted by Crippen LogP contribution is -2.47. The zero-order valence-electron chi connectivity index (χ0n) is 10.1. The second kappa shape index (κ2) is 4.17. The van der Waals surface area contributed by atoms with E-state index in [9.17, 15) is 0 Å². The maximum absolute atomic E-state index is 5.25. The molecule has 0 spiro atoms. The number of H-pyrrole nitrogens is 1. The Bertz CT molecular complexity index is 514. The standard InChI is InChI=1S/C14H18N2O/c1-14(9-17-10-14)8-15-6-11-7-16-13-5-3-2-4-12(11)13/h2-5,7,15-16H,6,8-10H2,1H3. The quantitative estimate of drug-likeness (QED) is 0.845. The van der Waals surface area contributed by atoms with Crippen LogP contribution in [0.4, 0.5) is 0 Å². The van der Waals surface area contributed by atoms with Gasteiger partial charge in [0, 0.05) is 35.6 Å². The van der Waals surface area contributed by atoms with Crippen LogP contribution < -0.4 is 5.32 Å². The van der Waals surface area contributed by atoms with Crippen LogP contribution in [0.25, 0.3) is 10.9 Å². The Hall–Kier alpha value is -1.32. The zero-order valence-corrected chi connectivity index (χ0v) is 10.1. The van der Waals surface area contributed by atoms with E-state index in [2.05, 4.69) is 47.7 Å². The first-order chi connectivity index (χ1) is 8.27. The highest BCUT2D eigenvalue weighted by molar-refractivity contribution is 5.82. The molecule has 1 saturated heterocycles. The lowest BCUT2D eigenvalue weighted by atomic mass is 9.89. The second-order valence-electron chi connectivity index (χ2n) is 5.27. The van der Waals surface area contributed by atoms with Crippen molar-refractivity contribution in [2.75, 3.05) is 19.8 Å². The number of para-hydroxylation sites is 1. The van der Waals surface area contributed by atoms with E-state index in [1.165, 1.54) is 16.5 Å². The average Bonchev–Trinajstić information content (AvgIpc) is 2.71. The molecule has 0 unspecified atom stereocenters. The lowest BCUT2D eigenvalue weighted by molar-refractivity contribution is -0.0991. The molecule has 0 saturated carbocycles. The van der Waals surface area contributed by atoms with Gasteiger partial charge < -0.3 is 15.0 Å². The zero-order chi connectivity index (χ0) is 11.7. The van der Waals surface area contributed by atoms with E-state index in [1.54, 1.807) is 0 Å². The van der Waals surface area contributed by atoms with Gasteiger partial charge in [0.1, 0.15) is 0 Å². The molecule has 3 heteroatoms. The lowest BCUT2D eigenvalue weighted by Gasteiger charge is -2.38. The summed E-state index contributed by atoms with van der Waals surface area (Å²) < 4.78 is 5.25. The highest BCUT2D eigenvalue weighted by atomic mass is 16.5. The van der Waals surface area contributed by atoms with Crippen molar-refractivity contribution in [1.82, 2.24) is 10.3 Å². The van der Waals surface area contributed by atoms with Crippen molar-refractivity contribution in [2.24, 2.45) is 5.41 Å². The molecular formula is C14H18N2O. The topological polar surface area (TPSA) is 37.0 Å². The van der Waals surface area contributed by atoms with E-state index in [0.717, 1.165) is 26.3 Å². The molecule has 0 radical (unpaired) electrons. The number of nitrogens with one attached hydrogen (secondary N) is 2. The molecule has 1 aliphatic rings. The Labute approximate surface area is 101 Å². The normalized spacial score (nSPS) is 18.2. The van der Waals surface area contributed by atoms with Gasteiger partial charge >= 0.3 is 0 Å². The number of aromatic nitrogens is 1. The molecule has 2 aromatic rings. The number of fused-ring (bicyclic) bond motifs is 1. The Balaban J connectivity index is 1.65. The van der Waals surface area contributed by atoms with Crippen LogP contribution in [0.5, 0.6) is 0 Å². The second-order valence-corrected chi connectivity index (χ2v) is 5.27. The first kappa shape index (κ1) is 10.8. The van der Waals surface area contributed by atoms with E-state index < -0.39 is 0 Å². The molecule has 1 aromatic carbocycles. The molecule has 2 N–H and O–H groups in total. The number of aromatic amines is 1. The van der Waals surface area contributed by atoms with Gasteiger partial charge in [0.2, 0.25) is 0 Å². The maximum atomic E-state index is 5.25. The van der Waals surface area contributed by atoms with Gasteiger partial charge in [-0.05, 0) is 11.6 Å². The largest absolute Gasteiger partial charge is 0.380 e. The first-order valence-corrected chi connectivity index (χ1v) is 6.10. The van der Waals surface area contributed by atoms with Crippen molar-refractivity contribution in [3.63, 3.8) is 0 Å². The van der Waals surface area contributed by atoms with Crippen molar-refractivity contribution in [3.05, 3.63) is 36.0 Å². The van der Waals surface area contributed by atoms with E-state index in [0.29, 0.717) is 5.41 Å². The molecule has 2 heterocycles. The summed E-state index contributed by atoms with van der Waals surface area (Å²) in [6.07, 6.45) is 2.09. The SMILES string of the molecule is CC1(CNCc2c[nH]c3ccccc23)COC1. The van der Waals surface area contributed by atoms with Gasteiger partial charge in [-0.3, -0.25) is 0 Å². The van der Waals surface area contributed by atoms with Crippen LogP contribution >= 0.6 is 0 Å². The van der Waals surface area contributed by atoms with Crippen molar-refractivity contribution in [3.8, 4) is 0 Å². The highest BCUT2D eigenvalue weighted by Gasteiger charge is 2.32. The predicted molar refractivity (Wildman–Crippen MR) is 68.9 cm³/mol. The van der Waals surface area contributed by atoms with Gasteiger partial charge in [0.25, 0.3) is 0 Å². The Kier molecular flexibility index (Phi) is 2.65. The van der Waals surface area contributed by atoms with Crippen molar-refractivity contribution >= 4 is 10.9 Å². The minimum Gasteiger partial charge on any atom is -0.380 e. The Morgan fingerprint density at radius 2 is 2.18 bits per heavy atom. The van der Waals surface area contributed by atoms with Gasteiger partial charge in [-0.25, -0.2) is 0 Å². The Morgan fingerprint density at radius 3 is 2.94 bits per heavy atom. The van der Waals surface area contributed by atoms with Gasteiger partial charge in [-0.2, -0.15) is 0 Å². The summed E-state index contributed by atoms with van der Waals surface area (Å²) >= 11 is 0. The number of hydrogen-bond donors (Lipinski definition) is 2. The van der Waals surface area contributed by atoms with Crippen molar-refractivity contribution < 1.29 is 4.74 Å². The molecule has 0 atom stereocenters. The molecule has 1 fully saturated rings. The number of ether oxygens (including phenoxy) is 1. The van der Waals surface area contributed by atoms with Crippen LogP contribution in [0.1, 0.15) is 12.5 Å². The monoisotopic (exact) mass is 230 g/mol. The number of benzene rings is 1. The van der Waals surface area contributed by atoms with E-state index >= 15 is 0 Å². The molecule has 0 bridgehead atoms. The fraction of sp³-hybridized carbons (Fsp3) is 0.429. The van der Waals surface area contributed by atoms with Gasteiger partial charge in [-0.15, -0.1) is 0 Å². The maximum Gasteiger partial charge on any atom is 0.0554 e. The van der Waals surface area contributed by atoms with Crippen LogP contribution in [-0.4, -0.2) is 24.7 Å². The minimum absolute atomic E-state index is 0.339. The summed E-state index contributed by atoms with van der Waals surface area (Å²) in [6, 6.07) is 8.42. The fourth-order valence-corrected chi connectivity index (χ4v) is 2.33. The van der Waals surface area contributed by atoms with Crippen molar-refractivity contribution in [2.45, 2.75) is 13.5 Å². The Morgan fingerprint density at radius 1 is 1.35 bits per heavy atom. The average molecular weight is 230 g/mol. The van der Waals surface area contributed by atoms with E-state index in [4.69, 9.17) is 4.74 Å². The minimum atomic E-state index is 0.339. The summed E-state index contributed by atoms with van der Waals surface area (Å²) in [6.45, 7) is 5.96. The third-order valence-corrected chi connectivity index (χ3v) is 3.44. The smallest absolute Gasteiger partial charge is 0.0554 e. The highest BCUT2D eigenvalue weighted by Crippen LogP contribution is 2.25. The van der Waals surface area contributed by atoms with E-state index in [1.807, 2.05) is 0 Å². The number of rotatable bonds is 4. The van der Waals surface area contributed by atoms with Gasteiger partial charge in [0.15, 0.2) is 0 Å². The molecule has 1 aliphatic heterocycles. The molecule has 17 heavy (non-hydrogen) atoms. The number of hydrogen-bond acceptors (Lipinski definition) is 2. The van der Waals surface area contributed by atoms with Crippen LogP contribution in [0.2, 0.25) is 0 Å². The van der Waals surface area contributed by atoms with Crippen LogP contribution in [0.3, 0.4) is 0 Å². The van der Waals surface area contributed by atoms with Crippen molar-refractivity contribution in [1.29, 1.82) is 0 Å². The summed E-state index contributed by atoms with van der Waals surface area (Å²) in [7, 11) is 0. The molecule has 1 aromatic heterocycles. The molecule has 0 aliphatic carbocycles.